The summed E-state index contributed by atoms with van der Waals surface area (Å²) in [6.07, 6.45) is 3.28. The Morgan fingerprint density at radius 2 is 2.15 bits per heavy atom. The quantitative estimate of drug-likeness (QED) is 0.820. The molecule has 4 nitrogen and oxygen atoms in total. The van der Waals surface area contributed by atoms with Crippen molar-refractivity contribution >= 4 is 5.91 Å². The first-order valence-electron chi connectivity index (χ1n) is 7.40. The Bertz CT molecular complexity index is 422. The maximum Gasteiger partial charge on any atom is 0.239 e. The summed E-state index contributed by atoms with van der Waals surface area (Å²) >= 11 is 0. The zero-order valence-electron chi connectivity index (χ0n) is 11.9. The van der Waals surface area contributed by atoms with E-state index in [0.717, 1.165) is 32.4 Å². The van der Waals surface area contributed by atoms with Crippen LogP contribution < -0.4 is 5.73 Å². The van der Waals surface area contributed by atoms with Crippen LogP contribution in [0.1, 0.15) is 24.8 Å². The van der Waals surface area contributed by atoms with Crippen molar-refractivity contribution in [1.29, 1.82) is 0 Å². The Hall–Kier alpha value is -1.39. The second-order valence-electron chi connectivity index (χ2n) is 5.58. The van der Waals surface area contributed by atoms with E-state index in [1.807, 2.05) is 23.1 Å². The van der Waals surface area contributed by atoms with E-state index in [2.05, 4.69) is 12.1 Å². The molecular weight excluding hydrogens is 252 g/mol. The van der Waals surface area contributed by atoms with Gasteiger partial charge in [-0.25, -0.2) is 0 Å². The average molecular weight is 276 g/mol. The molecule has 0 radical (unpaired) electrons. The van der Waals surface area contributed by atoms with E-state index in [-0.39, 0.29) is 12.5 Å². The second kappa shape index (κ2) is 7.41. The first-order valence-corrected chi connectivity index (χ1v) is 7.40. The van der Waals surface area contributed by atoms with Gasteiger partial charge in [0, 0.05) is 19.7 Å². The summed E-state index contributed by atoms with van der Waals surface area (Å²) in [5, 5.41) is 8.94. The summed E-state index contributed by atoms with van der Waals surface area (Å²) in [6, 6.07) is 9.70. The lowest BCUT2D eigenvalue weighted by Crippen LogP contribution is -2.43. The molecule has 1 amide bonds. The highest BCUT2D eigenvalue weighted by Crippen LogP contribution is 2.20. The summed E-state index contributed by atoms with van der Waals surface area (Å²) in [5.74, 6) is 0.492. The van der Waals surface area contributed by atoms with Crippen LogP contribution in [0.5, 0.6) is 0 Å². The van der Waals surface area contributed by atoms with Crippen LogP contribution in [0, 0.1) is 5.92 Å². The molecule has 0 spiro atoms. The highest BCUT2D eigenvalue weighted by Gasteiger charge is 2.28. The highest BCUT2D eigenvalue weighted by atomic mass is 16.3. The molecule has 4 heteroatoms. The molecule has 1 aliphatic heterocycles. The third-order valence-electron chi connectivity index (χ3n) is 4.04. The maximum atomic E-state index is 12.3. The zero-order chi connectivity index (χ0) is 14.4. The van der Waals surface area contributed by atoms with Gasteiger partial charge in [-0.2, -0.15) is 0 Å². The minimum atomic E-state index is -0.414. The van der Waals surface area contributed by atoms with Crippen molar-refractivity contribution in [3.63, 3.8) is 0 Å². The van der Waals surface area contributed by atoms with Crippen molar-refractivity contribution in [2.24, 2.45) is 11.7 Å². The van der Waals surface area contributed by atoms with Gasteiger partial charge in [0.15, 0.2) is 0 Å². The fourth-order valence-electron chi connectivity index (χ4n) is 2.78. The number of amides is 1. The molecule has 0 aromatic heterocycles. The molecule has 0 bridgehead atoms. The van der Waals surface area contributed by atoms with Gasteiger partial charge in [0.2, 0.25) is 5.91 Å². The summed E-state index contributed by atoms with van der Waals surface area (Å²) in [5.41, 5.74) is 7.24. The molecule has 2 unspecified atom stereocenters. The second-order valence-corrected chi connectivity index (χ2v) is 5.58. The van der Waals surface area contributed by atoms with Crippen LogP contribution in [-0.4, -0.2) is 41.7 Å². The third kappa shape index (κ3) is 4.05. The van der Waals surface area contributed by atoms with Crippen LogP contribution in [0.25, 0.3) is 0 Å². The lowest BCUT2D eigenvalue weighted by atomic mass is 10.0. The molecule has 2 atom stereocenters. The first-order chi connectivity index (χ1) is 9.70. The number of rotatable bonds is 6. The predicted molar refractivity (Wildman–Crippen MR) is 79.1 cm³/mol. The molecule has 1 heterocycles. The number of hydrogen-bond acceptors (Lipinski definition) is 3. The molecule has 2 rings (SSSR count). The van der Waals surface area contributed by atoms with E-state index in [4.69, 9.17) is 10.8 Å². The van der Waals surface area contributed by atoms with E-state index in [1.165, 1.54) is 5.56 Å². The van der Waals surface area contributed by atoms with Crippen molar-refractivity contribution in [2.75, 3.05) is 19.7 Å². The van der Waals surface area contributed by atoms with Gasteiger partial charge in [0.1, 0.15) is 0 Å². The smallest absolute Gasteiger partial charge is 0.239 e. The van der Waals surface area contributed by atoms with Gasteiger partial charge in [-0.15, -0.1) is 0 Å². The Morgan fingerprint density at radius 1 is 1.40 bits per heavy atom. The monoisotopic (exact) mass is 276 g/mol. The average Bonchev–Trinajstić information content (AvgIpc) is 2.94. The minimum absolute atomic E-state index is 0.0568. The van der Waals surface area contributed by atoms with Crippen LogP contribution in [0.4, 0.5) is 0 Å². The van der Waals surface area contributed by atoms with Gasteiger partial charge in [0.25, 0.3) is 0 Å². The van der Waals surface area contributed by atoms with Crippen molar-refractivity contribution < 1.29 is 9.90 Å². The molecular formula is C16H24N2O2. The topological polar surface area (TPSA) is 66.6 Å². The van der Waals surface area contributed by atoms with Gasteiger partial charge in [-0.1, -0.05) is 30.3 Å². The van der Waals surface area contributed by atoms with Crippen LogP contribution in [0.2, 0.25) is 0 Å². The molecule has 110 valence electrons. The fourth-order valence-corrected chi connectivity index (χ4v) is 2.78. The number of likely N-dealkylation sites (tertiary alicyclic amines) is 1. The molecule has 0 saturated carbocycles. The summed E-state index contributed by atoms with van der Waals surface area (Å²) in [4.78, 5) is 14.1. The van der Waals surface area contributed by atoms with Crippen LogP contribution >= 0.6 is 0 Å². The molecule has 1 aromatic rings. The minimum Gasteiger partial charge on any atom is -0.396 e. The van der Waals surface area contributed by atoms with Gasteiger partial charge in [-0.05, 0) is 37.2 Å². The number of benzene rings is 1. The van der Waals surface area contributed by atoms with Gasteiger partial charge in [-0.3, -0.25) is 4.79 Å². The SMILES string of the molecule is NC(CCc1ccccc1)C(=O)N1CCC(CCO)C1. The molecule has 0 aliphatic carbocycles. The van der Waals surface area contributed by atoms with E-state index in [0.29, 0.717) is 12.3 Å². The highest BCUT2D eigenvalue weighted by molar-refractivity contribution is 5.81. The molecule has 3 N–H and O–H groups in total. The Balaban J connectivity index is 1.78. The predicted octanol–water partition coefficient (Wildman–Crippen LogP) is 1.18. The fraction of sp³-hybridized carbons (Fsp3) is 0.562. The Morgan fingerprint density at radius 3 is 2.85 bits per heavy atom. The number of aliphatic hydroxyl groups excluding tert-OH is 1. The number of aliphatic hydroxyl groups is 1. The number of nitrogens with zero attached hydrogens (tertiary/aromatic N) is 1. The number of hydrogen-bond donors (Lipinski definition) is 2. The van der Waals surface area contributed by atoms with Crippen LogP contribution in [0.3, 0.4) is 0 Å². The van der Waals surface area contributed by atoms with E-state index in [9.17, 15) is 4.79 Å². The van der Waals surface area contributed by atoms with Crippen molar-refractivity contribution in [2.45, 2.75) is 31.7 Å². The molecule has 1 fully saturated rings. The number of carbonyl (C=O) groups is 1. The Labute approximate surface area is 120 Å². The zero-order valence-corrected chi connectivity index (χ0v) is 11.9. The summed E-state index contributed by atoms with van der Waals surface area (Å²) in [6.45, 7) is 1.73. The lowest BCUT2D eigenvalue weighted by Gasteiger charge is -2.21. The first kappa shape index (κ1) is 15.0. The normalized spacial score (nSPS) is 20.1. The summed E-state index contributed by atoms with van der Waals surface area (Å²) in [7, 11) is 0. The third-order valence-corrected chi connectivity index (χ3v) is 4.04. The number of aryl methyl sites for hydroxylation is 1. The largest absolute Gasteiger partial charge is 0.396 e. The summed E-state index contributed by atoms with van der Waals surface area (Å²) < 4.78 is 0. The van der Waals surface area contributed by atoms with Gasteiger partial charge < -0.3 is 15.7 Å². The van der Waals surface area contributed by atoms with Crippen molar-refractivity contribution in [1.82, 2.24) is 4.90 Å². The van der Waals surface area contributed by atoms with Crippen LogP contribution in [0.15, 0.2) is 30.3 Å². The molecule has 1 saturated heterocycles. The van der Waals surface area contributed by atoms with Gasteiger partial charge in [0.05, 0.1) is 6.04 Å². The standard InChI is InChI=1S/C16H24N2O2/c17-15(7-6-13-4-2-1-3-5-13)16(20)18-10-8-14(12-18)9-11-19/h1-5,14-15,19H,6-12,17H2. The van der Waals surface area contributed by atoms with E-state index in [1.54, 1.807) is 0 Å². The van der Waals surface area contributed by atoms with Crippen molar-refractivity contribution in [3.05, 3.63) is 35.9 Å². The number of nitrogens with two attached hydrogens (primary N) is 1. The lowest BCUT2D eigenvalue weighted by molar-refractivity contribution is -0.131. The van der Waals surface area contributed by atoms with E-state index < -0.39 is 6.04 Å². The van der Waals surface area contributed by atoms with Gasteiger partial charge >= 0.3 is 0 Å². The maximum absolute atomic E-state index is 12.3. The molecule has 1 aromatic carbocycles. The number of carbonyl (C=O) groups excluding carboxylic acids is 1. The molecule has 20 heavy (non-hydrogen) atoms. The van der Waals surface area contributed by atoms with Crippen LogP contribution in [-0.2, 0) is 11.2 Å². The van der Waals surface area contributed by atoms with Crippen molar-refractivity contribution in [3.8, 4) is 0 Å². The molecule has 1 aliphatic rings. The Kier molecular flexibility index (Phi) is 5.56. The van der Waals surface area contributed by atoms with E-state index >= 15 is 0 Å².